The summed E-state index contributed by atoms with van der Waals surface area (Å²) in [6, 6.07) is -1.64. The summed E-state index contributed by atoms with van der Waals surface area (Å²) < 4.78 is 47.7. The van der Waals surface area contributed by atoms with E-state index in [-0.39, 0.29) is 6.61 Å². The number of rotatable bonds is 1. The van der Waals surface area contributed by atoms with Crippen LogP contribution >= 0.6 is 0 Å². The van der Waals surface area contributed by atoms with Gasteiger partial charge in [-0.15, -0.1) is 0 Å². The van der Waals surface area contributed by atoms with E-state index in [9.17, 15) is 18.0 Å². The topological polar surface area (TPSA) is 47.6 Å². The summed E-state index contributed by atoms with van der Waals surface area (Å²) in [6.45, 7) is 5.02. The highest BCUT2D eigenvalue weighted by molar-refractivity contribution is 5.76. The highest BCUT2D eigenvalue weighted by Crippen LogP contribution is 2.48. The van der Waals surface area contributed by atoms with Gasteiger partial charge in [-0.2, -0.15) is 13.2 Å². The number of morpholine rings is 1. The molecule has 0 spiro atoms. The molecule has 1 N–H and O–H groups in total. The molecule has 0 radical (unpaired) electrons. The SMILES string of the molecule is CC(C)(C)OC(=O)[C@@H]1CO[C@H]2C(C(F)(F)F)[C@H]2N1. The van der Waals surface area contributed by atoms with Crippen LogP contribution in [-0.2, 0) is 14.3 Å². The number of halogens is 3. The Morgan fingerprint density at radius 1 is 1.33 bits per heavy atom. The molecule has 1 aliphatic heterocycles. The Kier molecular flexibility index (Phi) is 3.09. The quantitative estimate of drug-likeness (QED) is 0.726. The van der Waals surface area contributed by atoms with Crippen molar-refractivity contribution in [2.24, 2.45) is 5.92 Å². The summed E-state index contributed by atoms with van der Waals surface area (Å²) in [7, 11) is 0. The average Bonchev–Trinajstić information content (AvgIpc) is 2.86. The number of hydrogen-bond acceptors (Lipinski definition) is 4. The third-order valence-corrected chi connectivity index (χ3v) is 2.87. The van der Waals surface area contributed by atoms with Crippen LogP contribution in [0.4, 0.5) is 13.2 Å². The van der Waals surface area contributed by atoms with E-state index in [1.54, 1.807) is 20.8 Å². The zero-order chi connectivity index (χ0) is 13.7. The molecule has 1 aliphatic carbocycles. The predicted octanol–water partition coefficient (Wildman–Crippen LogP) is 1.25. The van der Waals surface area contributed by atoms with Crippen molar-refractivity contribution >= 4 is 5.97 Å². The first-order valence-electron chi connectivity index (χ1n) is 5.77. The van der Waals surface area contributed by atoms with E-state index in [0.717, 1.165) is 0 Å². The first kappa shape index (κ1) is 13.6. The molecule has 1 heterocycles. The van der Waals surface area contributed by atoms with Crippen LogP contribution in [0.5, 0.6) is 0 Å². The van der Waals surface area contributed by atoms with Gasteiger partial charge >= 0.3 is 12.1 Å². The van der Waals surface area contributed by atoms with E-state index < -0.39 is 41.9 Å². The Labute approximate surface area is 103 Å². The summed E-state index contributed by atoms with van der Waals surface area (Å²) >= 11 is 0. The van der Waals surface area contributed by atoms with Gasteiger partial charge in [0.25, 0.3) is 0 Å². The Morgan fingerprint density at radius 3 is 2.44 bits per heavy atom. The summed E-state index contributed by atoms with van der Waals surface area (Å²) in [4.78, 5) is 11.7. The highest BCUT2D eigenvalue weighted by Gasteiger charge is 2.67. The van der Waals surface area contributed by atoms with Gasteiger partial charge in [-0.3, -0.25) is 10.1 Å². The number of hydrogen-bond donors (Lipinski definition) is 1. The molecule has 1 saturated heterocycles. The van der Waals surface area contributed by atoms with Gasteiger partial charge in [-0.25, -0.2) is 0 Å². The van der Waals surface area contributed by atoms with Crippen molar-refractivity contribution in [2.75, 3.05) is 6.61 Å². The lowest BCUT2D eigenvalue weighted by molar-refractivity contribution is -0.160. The molecule has 0 aromatic heterocycles. The molecule has 2 aliphatic rings. The molecule has 4 nitrogen and oxygen atoms in total. The molecular weight excluding hydrogens is 251 g/mol. The molecule has 18 heavy (non-hydrogen) atoms. The maximum absolute atomic E-state index is 12.5. The number of carbonyl (C=O) groups is 1. The number of nitrogens with one attached hydrogen (secondary N) is 1. The molecule has 1 unspecified atom stereocenters. The third-order valence-electron chi connectivity index (χ3n) is 2.87. The second-order valence-corrected chi connectivity index (χ2v) is 5.64. The molecule has 0 amide bonds. The Bertz CT molecular complexity index is 350. The van der Waals surface area contributed by atoms with Crippen molar-refractivity contribution in [3.05, 3.63) is 0 Å². The van der Waals surface area contributed by atoms with Gasteiger partial charge in [0.1, 0.15) is 17.6 Å². The molecule has 7 heteroatoms. The van der Waals surface area contributed by atoms with Crippen LogP contribution in [0.15, 0.2) is 0 Å². The lowest BCUT2D eigenvalue weighted by Gasteiger charge is -2.26. The predicted molar refractivity (Wildman–Crippen MR) is 55.8 cm³/mol. The van der Waals surface area contributed by atoms with Gasteiger partial charge in [-0.05, 0) is 20.8 Å². The molecule has 1 saturated carbocycles. The number of alkyl halides is 3. The molecule has 2 fully saturated rings. The zero-order valence-electron chi connectivity index (χ0n) is 10.4. The maximum atomic E-state index is 12.5. The van der Waals surface area contributed by atoms with E-state index in [1.807, 2.05) is 0 Å². The minimum atomic E-state index is -4.29. The van der Waals surface area contributed by atoms with E-state index in [0.29, 0.717) is 0 Å². The number of carbonyl (C=O) groups excluding carboxylic acids is 1. The number of ether oxygens (including phenoxy) is 2. The standard InChI is InChI=1S/C11H16F3NO3/c1-10(2,3)18-9(16)5-4-17-8-6(7(8)15-5)11(12,13)14/h5-8,15H,4H2,1-3H3/t5-,6?,7+,8-/m0/s1. The van der Waals surface area contributed by atoms with Crippen LogP contribution in [0, 0.1) is 5.92 Å². The first-order chi connectivity index (χ1) is 8.09. The fraction of sp³-hybridized carbons (Fsp3) is 0.909. The first-order valence-corrected chi connectivity index (χ1v) is 5.77. The van der Waals surface area contributed by atoms with Gasteiger partial charge in [-0.1, -0.05) is 0 Å². The van der Waals surface area contributed by atoms with Gasteiger partial charge in [0.2, 0.25) is 0 Å². The average molecular weight is 267 g/mol. The molecule has 0 bridgehead atoms. The van der Waals surface area contributed by atoms with Gasteiger partial charge in [0, 0.05) is 6.04 Å². The summed E-state index contributed by atoms with van der Waals surface area (Å²) in [5.74, 6) is -2.08. The van der Waals surface area contributed by atoms with Gasteiger partial charge in [0.05, 0.1) is 12.7 Å². The molecular formula is C11H16F3NO3. The highest BCUT2D eigenvalue weighted by atomic mass is 19.4. The minimum absolute atomic E-state index is 0.0807. The van der Waals surface area contributed by atoms with Crippen LogP contribution in [-0.4, -0.2) is 42.5 Å². The summed E-state index contributed by atoms with van der Waals surface area (Å²) in [5.41, 5.74) is -0.664. The van der Waals surface area contributed by atoms with E-state index in [1.165, 1.54) is 0 Å². The normalized spacial score (nSPS) is 35.9. The molecule has 0 aromatic rings. The second kappa shape index (κ2) is 4.09. The molecule has 4 atom stereocenters. The third kappa shape index (κ3) is 2.77. The van der Waals surface area contributed by atoms with Crippen molar-refractivity contribution in [3.63, 3.8) is 0 Å². The minimum Gasteiger partial charge on any atom is -0.459 e. The number of esters is 1. The van der Waals surface area contributed by atoms with Crippen LogP contribution in [0.1, 0.15) is 20.8 Å². The second-order valence-electron chi connectivity index (χ2n) is 5.64. The Morgan fingerprint density at radius 2 is 1.94 bits per heavy atom. The zero-order valence-corrected chi connectivity index (χ0v) is 10.4. The van der Waals surface area contributed by atoms with Crippen LogP contribution in [0.25, 0.3) is 0 Å². The monoisotopic (exact) mass is 267 g/mol. The Hall–Kier alpha value is -0.820. The fourth-order valence-electron chi connectivity index (χ4n) is 2.08. The summed E-state index contributed by atoms with van der Waals surface area (Å²) in [5, 5.41) is 2.65. The fourth-order valence-corrected chi connectivity index (χ4v) is 2.08. The van der Waals surface area contributed by atoms with Crippen molar-refractivity contribution in [2.45, 2.75) is 50.7 Å². The van der Waals surface area contributed by atoms with Crippen molar-refractivity contribution < 1.29 is 27.4 Å². The Balaban J connectivity index is 1.91. The van der Waals surface area contributed by atoms with Crippen LogP contribution < -0.4 is 5.32 Å². The van der Waals surface area contributed by atoms with Gasteiger partial charge in [0.15, 0.2) is 0 Å². The maximum Gasteiger partial charge on any atom is 0.395 e. The lowest BCUT2D eigenvalue weighted by atomic mass is 10.2. The molecule has 2 rings (SSSR count). The van der Waals surface area contributed by atoms with Gasteiger partial charge < -0.3 is 9.47 Å². The molecule has 0 aromatic carbocycles. The van der Waals surface area contributed by atoms with E-state index in [4.69, 9.17) is 9.47 Å². The van der Waals surface area contributed by atoms with Crippen molar-refractivity contribution in [1.82, 2.24) is 5.32 Å². The largest absolute Gasteiger partial charge is 0.459 e. The van der Waals surface area contributed by atoms with Crippen molar-refractivity contribution in [3.8, 4) is 0 Å². The summed E-state index contributed by atoms with van der Waals surface area (Å²) in [6.07, 6.45) is -5.14. The smallest absolute Gasteiger partial charge is 0.395 e. The lowest BCUT2D eigenvalue weighted by Crippen LogP contribution is -2.49. The molecule has 104 valence electrons. The number of fused-ring (bicyclic) bond motifs is 1. The van der Waals surface area contributed by atoms with E-state index in [2.05, 4.69) is 5.32 Å². The van der Waals surface area contributed by atoms with Crippen LogP contribution in [0.2, 0.25) is 0 Å². The van der Waals surface area contributed by atoms with Crippen LogP contribution in [0.3, 0.4) is 0 Å². The van der Waals surface area contributed by atoms with Crippen molar-refractivity contribution in [1.29, 1.82) is 0 Å². The van der Waals surface area contributed by atoms with E-state index >= 15 is 0 Å².